The molecule has 0 fully saturated rings. The fraction of sp³-hybridized carbons (Fsp3) is 0.526. The maximum atomic E-state index is 13.0. The number of fused-ring (bicyclic) bond motifs is 1. The largest absolute Gasteiger partial charge is 0.383 e. The van der Waals surface area contributed by atoms with Crippen LogP contribution < -0.4 is 5.32 Å². The molecule has 0 aliphatic carbocycles. The molecule has 6 nitrogen and oxygen atoms in total. The third kappa shape index (κ3) is 4.40. The Bertz CT molecular complexity index is 787. The van der Waals surface area contributed by atoms with Gasteiger partial charge in [0.05, 0.1) is 22.9 Å². The zero-order valence-corrected chi connectivity index (χ0v) is 17.1. The minimum Gasteiger partial charge on any atom is -0.383 e. The molecule has 2 rings (SSSR count). The van der Waals surface area contributed by atoms with Crippen molar-refractivity contribution in [2.45, 2.75) is 40.2 Å². The Labute approximate surface area is 159 Å². The van der Waals surface area contributed by atoms with Gasteiger partial charge in [-0.1, -0.05) is 19.1 Å². The Morgan fingerprint density at radius 3 is 2.73 bits per heavy atom. The van der Waals surface area contributed by atoms with Crippen LogP contribution in [0.4, 0.5) is 5.82 Å². The first-order chi connectivity index (χ1) is 12.4. The third-order valence-electron chi connectivity index (χ3n) is 4.25. The minimum atomic E-state index is 0.0193. The summed E-state index contributed by atoms with van der Waals surface area (Å²) in [5, 5.41) is 4.35. The van der Waals surface area contributed by atoms with Crippen LogP contribution in [0.3, 0.4) is 0 Å². The Morgan fingerprint density at radius 2 is 2.15 bits per heavy atom. The summed E-state index contributed by atoms with van der Waals surface area (Å²) in [6.45, 7) is 13.7. The second-order valence-corrected chi connectivity index (χ2v) is 7.44. The van der Waals surface area contributed by atoms with Crippen molar-refractivity contribution in [3.8, 4) is 0 Å². The molecular formula is C19H28N4O2S. The standard InChI is InChI=1S/C19H28N4O2S/c1-7-14(10-25-6)22-17-15-13(5)16(26-18(15)21-11-20-17)19(24)23(8-2)9-12(3)4/h11,14H,3,7-10H2,1-2,4-6H3,(H,20,21,22)/t14-/m1/s1. The van der Waals surface area contributed by atoms with Gasteiger partial charge in [-0.25, -0.2) is 9.97 Å². The second-order valence-electron chi connectivity index (χ2n) is 6.44. The van der Waals surface area contributed by atoms with Gasteiger partial charge in [0, 0.05) is 20.2 Å². The summed E-state index contributed by atoms with van der Waals surface area (Å²) in [5.74, 6) is 0.778. The van der Waals surface area contributed by atoms with Crippen molar-refractivity contribution in [1.29, 1.82) is 0 Å². The van der Waals surface area contributed by atoms with Gasteiger partial charge in [0.2, 0.25) is 0 Å². The van der Waals surface area contributed by atoms with E-state index in [0.29, 0.717) is 24.6 Å². The highest BCUT2D eigenvalue weighted by molar-refractivity contribution is 7.20. The summed E-state index contributed by atoms with van der Waals surface area (Å²) in [6.07, 6.45) is 2.45. The third-order valence-corrected chi connectivity index (χ3v) is 5.44. The van der Waals surface area contributed by atoms with Gasteiger partial charge in [-0.15, -0.1) is 11.3 Å². The summed E-state index contributed by atoms with van der Waals surface area (Å²) in [5.41, 5.74) is 1.89. The van der Waals surface area contributed by atoms with Crippen LogP contribution in [-0.4, -0.2) is 53.6 Å². The number of anilines is 1. The number of hydrogen-bond acceptors (Lipinski definition) is 6. The number of ether oxygens (including phenoxy) is 1. The fourth-order valence-corrected chi connectivity index (χ4v) is 3.95. The van der Waals surface area contributed by atoms with Gasteiger partial charge in [0.1, 0.15) is 17.0 Å². The molecule has 26 heavy (non-hydrogen) atoms. The summed E-state index contributed by atoms with van der Waals surface area (Å²) < 4.78 is 5.26. The van der Waals surface area contributed by atoms with Crippen molar-refractivity contribution in [3.05, 3.63) is 28.9 Å². The number of rotatable bonds is 9. The van der Waals surface area contributed by atoms with Crippen LogP contribution in [0.2, 0.25) is 0 Å². The first kappa shape index (κ1) is 20.3. The lowest BCUT2D eigenvalue weighted by Crippen LogP contribution is -2.32. The summed E-state index contributed by atoms with van der Waals surface area (Å²) in [4.78, 5) is 25.1. The van der Waals surface area contributed by atoms with Gasteiger partial charge in [-0.05, 0) is 32.8 Å². The highest BCUT2D eigenvalue weighted by Gasteiger charge is 2.23. The summed E-state index contributed by atoms with van der Waals surface area (Å²) in [6, 6.07) is 0.159. The SMILES string of the molecule is C=C(C)CN(CC)C(=O)c1sc2ncnc(N[C@H](CC)COC)c2c1C. The number of aryl methyl sites for hydroxylation is 1. The van der Waals surface area contributed by atoms with Crippen LogP contribution >= 0.6 is 11.3 Å². The van der Waals surface area contributed by atoms with Crippen molar-refractivity contribution in [1.82, 2.24) is 14.9 Å². The molecule has 0 saturated carbocycles. The average Bonchev–Trinajstić information content (AvgIpc) is 2.96. The maximum Gasteiger partial charge on any atom is 0.264 e. The number of carbonyl (C=O) groups excluding carboxylic acids is 1. The molecule has 0 aromatic carbocycles. The molecule has 2 heterocycles. The van der Waals surface area contributed by atoms with Crippen molar-refractivity contribution >= 4 is 33.3 Å². The van der Waals surface area contributed by atoms with E-state index in [2.05, 4.69) is 28.8 Å². The van der Waals surface area contributed by atoms with Crippen LogP contribution in [-0.2, 0) is 4.74 Å². The molecule has 0 aliphatic rings. The normalized spacial score (nSPS) is 12.2. The van der Waals surface area contributed by atoms with E-state index in [1.54, 1.807) is 18.3 Å². The van der Waals surface area contributed by atoms with E-state index >= 15 is 0 Å². The van der Waals surface area contributed by atoms with Crippen molar-refractivity contribution in [2.24, 2.45) is 0 Å². The van der Waals surface area contributed by atoms with Crippen LogP contribution in [0.25, 0.3) is 10.2 Å². The van der Waals surface area contributed by atoms with Gasteiger partial charge in [0.25, 0.3) is 5.91 Å². The smallest absolute Gasteiger partial charge is 0.264 e. The maximum absolute atomic E-state index is 13.0. The molecule has 0 bridgehead atoms. The highest BCUT2D eigenvalue weighted by atomic mass is 32.1. The predicted molar refractivity (Wildman–Crippen MR) is 108 cm³/mol. The van der Waals surface area contributed by atoms with E-state index in [9.17, 15) is 4.79 Å². The van der Waals surface area contributed by atoms with E-state index in [-0.39, 0.29) is 11.9 Å². The van der Waals surface area contributed by atoms with Crippen molar-refractivity contribution in [2.75, 3.05) is 32.1 Å². The van der Waals surface area contributed by atoms with Crippen LogP contribution in [0.15, 0.2) is 18.5 Å². The molecule has 0 aliphatic heterocycles. The zero-order chi connectivity index (χ0) is 19.3. The Balaban J connectivity index is 2.42. The lowest BCUT2D eigenvalue weighted by molar-refractivity contribution is 0.0782. The first-order valence-corrected chi connectivity index (χ1v) is 9.67. The Hall–Kier alpha value is -1.99. The highest BCUT2D eigenvalue weighted by Crippen LogP contribution is 2.34. The van der Waals surface area contributed by atoms with Crippen LogP contribution in [0.1, 0.15) is 42.4 Å². The van der Waals surface area contributed by atoms with Crippen LogP contribution in [0.5, 0.6) is 0 Å². The topological polar surface area (TPSA) is 67.4 Å². The van der Waals surface area contributed by atoms with E-state index in [0.717, 1.165) is 33.6 Å². The van der Waals surface area contributed by atoms with E-state index in [1.807, 2.05) is 20.8 Å². The van der Waals surface area contributed by atoms with Gasteiger partial charge < -0.3 is 15.0 Å². The van der Waals surface area contributed by atoms with Crippen molar-refractivity contribution in [3.63, 3.8) is 0 Å². The molecule has 1 amide bonds. The number of likely N-dealkylation sites (N-methyl/N-ethyl adjacent to an activating group) is 1. The molecule has 1 atom stereocenters. The average molecular weight is 377 g/mol. The molecule has 7 heteroatoms. The molecule has 0 unspecified atom stereocenters. The zero-order valence-electron chi connectivity index (χ0n) is 16.3. The number of nitrogens with one attached hydrogen (secondary N) is 1. The van der Waals surface area contributed by atoms with E-state index in [1.165, 1.54) is 11.3 Å². The molecule has 0 radical (unpaired) electrons. The monoisotopic (exact) mass is 376 g/mol. The molecule has 2 aromatic rings. The number of methoxy groups -OCH3 is 1. The first-order valence-electron chi connectivity index (χ1n) is 8.86. The number of amides is 1. The predicted octanol–water partition coefficient (Wildman–Crippen LogP) is 3.87. The molecule has 142 valence electrons. The molecule has 1 N–H and O–H groups in total. The van der Waals surface area contributed by atoms with Crippen LogP contribution in [0, 0.1) is 6.92 Å². The number of hydrogen-bond donors (Lipinski definition) is 1. The van der Waals surface area contributed by atoms with Gasteiger partial charge in [-0.2, -0.15) is 0 Å². The summed E-state index contributed by atoms with van der Waals surface area (Å²) >= 11 is 1.42. The lowest BCUT2D eigenvalue weighted by Gasteiger charge is -2.20. The lowest BCUT2D eigenvalue weighted by atomic mass is 10.1. The van der Waals surface area contributed by atoms with Gasteiger partial charge in [0.15, 0.2) is 0 Å². The number of carbonyl (C=O) groups is 1. The van der Waals surface area contributed by atoms with E-state index < -0.39 is 0 Å². The second kappa shape index (κ2) is 9.09. The number of thiophene rings is 1. The molecular weight excluding hydrogens is 348 g/mol. The Kier molecular flexibility index (Phi) is 7.11. The van der Waals surface area contributed by atoms with Gasteiger partial charge >= 0.3 is 0 Å². The Morgan fingerprint density at radius 1 is 1.42 bits per heavy atom. The van der Waals surface area contributed by atoms with E-state index in [4.69, 9.17) is 4.74 Å². The minimum absolute atomic E-state index is 0.0193. The molecule has 0 spiro atoms. The molecule has 2 aromatic heterocycles. The molecule has 0 saturated heterocycles. The van der Waals surface area contributed by atoms with Crippen molar-refractivity contribution < 1.29 is 9.53 Å². The summed E-state index contributed by atoms with van der Waals surface area (Å²) in [7, 11) is 1.69. The number of aromatic nitrogens is 2. The van der Waals surface area contributed by atoms with Gasteiger partial charge in [-0.3, -0.25) is 4.79 Å². The number of nitrogens with zero attached hydrogens (tertiary/aromatic N) is 3. The fourth-order valence-electron chi connectivity index (χ4n) is 2.84. The quantitative estimate of drug-likeness (QED) is 0.673.